The van der Waals surface area contributed by atoms with Crippen LogP contribution in [0.1, 0.15) is 10.4 Å². The second-order valence-electron chi connectivity index (χ2n) is 4.87. The van der Waals surface area contributed by atoms with Gasteiger partial charge in [0.1, 0.15) is 10.8 Å². The maximum absolute atomic E-state index is 12.0. The summed E-state index contributed by atoms with van der Waals surface area (Å²) in [6.07, 6.45) is 1.43. The molecule has 0 radical (unpaired) electrons. The van der Waals surface area contributed by atoms with Gasteiger partial charge in [0, 0.05) is 27.8 Å². The SMILES string of the molecule is O=C(OF)c1cccc(Sc2cc(Nc3ncccc3[N+](=O)[O-])[nH]n2)c1. The minimum absolute atomic E-state index is 0.0653. The van der Waals surface area contributed by atoms with Gasteiger partial charge in [-0.15, -0.1) is 0 Å². The van der Waals surface area contributed by atoms with Crippen LogP contribution in [0.5, 0.6) is 0 Å². The van der Waals surface area contributed by atoms with E-state index in [1.54, 1.807) is 18.2 Å². The van der Waals surface area contributed by atoms with Gasteiger partial charge in [-0.3, -0.25) is 15.2 Å². The van der Waals surface area contributed by atoms with Crippen molar-refractivity contribution in [2.75, 3.05) is 5.32 Å². The van der Waals surface area contributed by atoms with Crippen LogP contribution in [0.2, 0.25) is 0 Å². The molecule has 9 nitrogen and oxygen atoms in total. The fourth-order valence-corrected chi connectivity index (χ4v) is 2.88. The molecule has 0 unspecified atom stereocenters. The van der Waals surface area contributed by atoms with E-state index in [0.717, 1.165) is 0 Å². The van der Waals surface area contributed by atoms with Gasteiger partial charge < -0.3 is 5.32 Å². The third-order valence-electron chi connectivity index (χ3n) is 3.15. The number of carbonyl (C=O) groups is 1. The highest BCUT2D eigenvalue weighted by atomic mass is 32.2. The maximum Gasteiger partial charge on any atom is 0.379 e. The predicted octanol–water partition coefficient (Wildman–Crippen LogP) is 3.65. The highest BCUT2D eigenvalue weighted by Gasteiger charge is 2.15. The average molecular weight is 375 g/mol. The van der Waals surface area contributed by atoms with Crippen molar-refractivity contribution in [3.05, 3.63) is 64.3 Å². The van der Waals surface area contributed by atoms with E-state index in [1.165, 1.54) is 42.2 Å². The molecule has 3 aromatic rings. The largest absolute Gasteiger partial charge is 0.379 e. The van der Waals surface area contributed by atoms with E-state index in [2.05, 4.69) is 25.4 Å². The lowest BCUT2D eigenvalue weighted by molar-refractivity contribution is -0.384. The summed E-state index contributed by atoms with van der Waals surface area (Å²) < 4.78 is 12.0. The van der Waals surface area contributed by atoms with Crippen LogP contribution in [0.4, 0.5) is 21.8 Å². The first-order valence-corrected chi connectivity index (χ1v) is 7.91. The molecule has 11 heteroatoms. The van der Waals surface area contributed by atoms with E-state index >= 15 is 0 Å². The van der Waals surface area contributed by atoms with Crippen LogP contribution in [0.15, 0.2) is 58.6 Å². The number of aromatic nitrogens is 3. The van der Waals surface area contributed by atoms with Crippen molar-refractivity contribution in [2.45, 2.75) is 9.92 Å². The van der Waals surface area contributed by atoms with Crippen LogP contribution in [0, 0.1) is 10.1 Å². The Labute approximate surface area is 149 Å². The molecule has 2 N–H and O–H groups in total. The number of H-pyrrole nitrogens is 1. The number of nitrogens with one attached hydrogen (secondary N) is 2. The van der Waals surface area contributed by atoms with Gasteiger partial charge >= 0.3 is 11.7 Å². The molecule has 0 saturated carbocycles. The van der Waals surface area contributed by atoms with E-state index < -0.39 is 10.9 Å². The van der Waals surface area contributed by atoms with E-state index in [0.29, 0.717) is 15.7 Å². The monoisotopic (exact) mass is 375 g/mol. The van der Waals surface area contributed by atoms with Gasteiger partial charge in [-0.05, 0) is 24.3 Å². The molecular formula is C15H10FN5O4S. The third-order valence-corrected chi connectivity index (χ3v) is 4.06. The Bertz CT molecular complexity index is 964. The number of anilines is 2. The summed E-state index contributed by atoms with van der Waals surface area (Å²) >= 11 is 1.20. The number of hydrogen-bond acceptors (Lipinski definition) is 8. The fourth-order valence-electron chi connectivity index (χ4n) is 2.04. The van der Waals surface area contributed by atoms with Crippen LogP contribution in [-0.4, -0.2) is 26.1 Å². The molecule has 0 bridgehead atoms. The van der Waals surface area contributed by atoms with Gasteiger partial charge in [-0.1, -0.05) is 17.8 Å². The Morgan fingerprint density at radius 2 is 2.15 bits per heavy atom. The third kappa shape index (κ3) is 3.95. The van der Waals surface area contributed by atoms with Gasteiger partial charge in [0.2, 0.25) is 5.82 Å². The van der Waals surface area contributed by atoms with E-state index in [4.69, 9.17) is 0 Å². The van der Waals surface area contributed by atoms with Crippen LogP contribution < -0.4 is 5.32 Å². The summed E-state index contributed by atoms with van der Waals surface area (Å²) in [5, 5.41) is 21.1. The first-order chi connectivity index (χ1) is 12.6. The van der Waals surface area contributed by atoms with Gasteiger partial charge in [0.05, 0.1) is 10.5 Å². The number of nitrogens with zero attached hydrogens (tertiary/aromatic N) is 3. The Balaban J connectivity index is 1.75. The van der Waals surface area contributed by atoms with Crippen LogP contribution in [0.3, 0.4) is 0 Å². The first-order valence-electron chi connectivity index (χ1n) is 7.09. The lowest BCUT2D eigenvalue weighted by Crippen LogP contribution is -1.99. The van der Waals surface area contributed by atoms with Crippen molar-refractivity contribution in [1.29, 1.82) is 0 Å². The summed E-state index contributed by atoms with van der Waals surface area (Å²) in [6.45, 7) is 0. The normalized spacial score (nSPS) is 10.3. The van der Waals surface area contributed by atoms with Crippen molar-refractivity contribution in [3.63, 3.8) is 0 Å². The minimum Gasteiger partial charge on any atom is -0.320 e. The van der Waals surface area contributed by atoms with Crippen LogP contribution in [-0.2, 0) is 4.94 Å². The number of nitro groups is 1. The number of benzene rings is 1. The molecule has 26 heavy (non-hydrogen) atoms. The Kier molecular flexibility index (Phi) is 5.08. The first kappa shape index (κ1) is 17.4. The van der Waals surface area contributed by atoms with Crippen molar-refractivity contribution in [2.24, 2.45) is 0 Å². The Morgan fingerprint density at radius 3 is 2.92 bits per heavy atom. The molecule has 2 aromatic heterocycles. The maximum atomic E-state index is 12.0. The van der Waals surface area contributed by atoms with Gasteiger partial charge in [-0.2, -0.15) is 5.10 Å². The second kappa shape index (κ2) is 7.61. The van der Waals surface area contributed by atoms with Crippen molar-refractivity contribution in [1.82, 2.24) is 15.2 Å². The second-order valence-corrected chi connectivity index (χ2v) is 5.96. The summed E-state index contributed by atoms with van der Waals surface area (Å²) in [4.78, 5) is 29.4. The highest BCUT2D eigenvalue weighted by molar-refractivity contribution is 7.99. The number of rotatable bonds is 6. The molecule has 0 fully saturated rings. The summed E-state index contributed by atoms with van der Waals surface area (Å²) in [5.74, 6) is -0.613. The molecule has 132 valence electrons. The zero-order valence-electron chi connectivity index (χ0n) is 12.9. The van der Waals surface area contributed by atoms with Gasteiger partial charge in [-0.25, -0.2) is 14.7 Å². The smallest absolute Gasteiger partial charge is 0.320 e. The lowest BCUT2D eigenvalue weighted by atomic mass is 10.2. The highest BCUT2D eigenvalue weighted by Crippen LogP contribution is 2.30. The molecule has 0 amide bonds. The number of pyridine rings is 1. The van der Waals surface area contributed by atoms with Crippen molar-refractivity contribution >= 4 is 35.1 Å². The number of halogens is 1. The fraction of sp³-hybridized carbons (Fsp3) is 0. The van der Waals surface area contributed by atoms with E-state index in [9.17, 15) is 19.4 Å². The van der Waals surface area contributed by atoms with Crippen molar-refractivity contribution < 1.29 is 19.2 Å². The number of carbonyl (C=O) groups excluding carboxylic acids is 1. The molecular weight excluding hydrogens is 365 g/mol. The zero-order valence-corrected chi connectivity index (χ0v) is 13.7. The van der Waals surface area contributed by atoms with Crippen molar-refractivity contribution in [3.8, 4) is 0 Å². The summed E-state index contributed by atoms with van der Waals surface area (Å²) in [5.41, 5.74) is -0.107. The van der Waals surface area contributed by atoms with E-state index in [1.807, 2.05) is 0 Å². The molecule has 0 saturated heterocycles. The molecule has 0 atom stereocenters. The Hall–Kier alpha value is -3.47. The number of aromatic amines is 1. The predicted molar refractivity (Wildman–Crippen MR) is 89.9 cm³/mol. The molecule has 0 spiro atoms. The topological polar surface area (TPSA) is 123 Å². The number of hydrogen-bond donors (Lipinski definition) is 2. The summed E-state index contributed by atoms with van der Waals surface area (Å²) in [6, 6.07) is 10.6. The quantitative estimate of drug-likeness (QED) is 0.494. The molecule has 0 aliphatic heterocycles. The van der Waals surface area contributed by atoms with Gasteiger partial charge in [0.25, 0.3) is 0 Å². The lowest BCUT2D eigenvalue weighted by Gasteiger charge is -2.02. The molecule has 0 aliphatic carbocycles. The molecule has 1 aromatic carbocycles. The zero-order chi connectivity index (χ0) is 18.5. The van der Waals surface area contributed by atoms with Gasteiger partial charge in [0.15, 0.2) is 0 Å². The minimum atomic E-state index is -1.08. The molecule has 2 heterocycles. The Morgan fingerprint density at radius 1 is 1.31 bits per heavy atom. The molecule has 0 aliphatic rings. The van der Waals surface area contributed by atoms with Crippen LogP contribution in [0.25, 0.3) is 0 Å². The standard InChI is InChI=1S/C15H10FN5O4S/c16-25-15(22)9-3-1-4-10(7-9)26-13-8-12(19-20-13)18-14-11(21(23)24)5-2-6-17-14/h1-8H,(H2,17,18,19,20). The van der Waals surface area contributed by atoms with Crippen LogP contribution >= 0.6 is 11.8 Å². The average Bonchev–Trinajstić information content (AvgIpc) is 3.08. The molecule has 3 rings (SSSR count). The summed E-state index contributed by atoms with van der Waals surface area (Å²) in [7, 11) is 0. The van der Waals surface area contributed by atoms with E-state index in [-0.39, 0.29) is 17.1 Å².